The molecule has 10 heteroatoms. The van der Waals surface area contributed by atoms with E-state index in [4.69, 9.17) is 14.9 Å². The van der Waals surface area contributed by atoms with Crippen molar-refractivity contribution < 1.29 is 17.9 Å². The van der Waals surface area contributed by atoms with E-state index in [0.29, 0.717) is 60.1 Å². The Bertz CT molecular complexity index is 2020. The fourth-order valence-corrected chi connectivity index (χ4v) is 6.88. The van der Waals surface area contributed by atoms with Crippen LogP contribution in [0.25, 0.3) is 23.0 Å². The van der Waals surface area contributed by atoms with Crippen LogP contribution in [0.2, 0.25) is 0 Å². The summed E-state index contributed by atoms with van der Waals surface area (Å²) in [4.78, 5) is 14.2. The van der Waals surface area contributed by atoms with Crippen LogP contribution in [0.3, 0.4) is 0 Å². The highest BCUT2D eigenvalue weighted by Gasteiger charge is 2.33. The summed E-state index contributed by atoms with van der Waals surface area (Å²) in [6.45, 7) is 1.32. The zero-order chi connectivity index (χ0) is 30.8. The van der Waals surface area contributed by atoms with Gasteiger partial charge in [-0.2, -0.15) is 19.5 Å². The molecule has 7 rings (SSSR count). The molecular formula is C35H29N5O4S. The molecule has 0 unspecified atom stereocenters. The van der Waals surface area contributed by atoms with E-state index in [9.17, 15) is 13.2 Å². The third-order valence-electron chi connectivity index (χ3n) is 7.70. The molecule has 9 nitrogen and oxygen atoms in total. The second-order valence-electron chi connectivity index (χ2n) is 10.6. The second kappa shape index (κ2) is 12.1. The largest absolute Gasteiger partial charge is 0.379 e. The SMILES string of the molecule is O=C1/C(=C\c2cn(-c3ccccc3)nc2-c2cccc(S(=O)(=O)N3CCOCC3)c2)C(c2ccccc2)=NN1c1ccccc1. The molecule has 45 heavy (non-hydrogen) atoms. The summed E-state index contributed by atoms with van der Waals surface area (Å²) < 4.78 is 35.6. The molecule has 5 aromatic rings. The molecule has 0 spiro atoms. The summed E-state index contributed by atoms with van der Waals surface area (Å²) >= 11 is 0. The van der Waals surface area contributed by atoms with Crippen LogP contribution in [-0.2, 0) is 19.6 Å². The van der Waals surface area contributed by atoms with Crippen molar-refractivity contribution in [1.29, 1.82) is 0 Å². The van der Waals surface area contributed by atoms with Crippen LogP contribution in [0.1, 0.15) is 11.1 Å². The number of aromatic nitrogens is 2. The third-order valence-corrected chi connectivity index (χ3v) is 9.60. The normalized spacial score (nSPS) is 16.7. The Balaban J connectivity index is 1.37. The topological polar surface area (TPSA) is 97.1 Å². The molecule has 0 saturated carbocycles. The van der Waals surface area contributed by atoms with Crippen molar-refractivity contribution in [2.45, 2.75) is 4.90 Å². The van der Waals surface area contributed by atoms with Crippen LogP contribution in [0, 0.1) is 0 Å². The van der Waals surface area contributed by atoms with Crippen LogP contribution < -0.4 is 5.01 Å². The van der Waals surface area contributed by atoms with E-state index < -0.39 is 10.0 Å². The highest BCUT2D eigenvalue weighted by Crippen LogP contribution is 2.32. The van der Waals surface area contributed by atoms with Gasteiger partial charge in [0.1, 0.15) is 11.4 Å². The van der Waals surface area contributed by atoms with Crippen LogP contribution >= 0.6 is 0 Å². The Hall–Kier alpha value is -5.16. The van der Waals surface area contributed by atoms with E-state index in [0.717, 1.165) is 11.3 Å². The predicted octanol–water partition coefficient (Wildman–Crippen LogP) is 5.39. The van der Waals surface area contributed by atoms with E-state index in [-0.39, 0.29) is 10.8 Å². The zero-order valence-corrected chi connectivity index (χ0v) is 25.0. The van der Waals surface area contributed by atoms with Gasteiger partial charge in [0.2, 0.25) is 10.0 Å². The molecule has 1 fully saturated rings. The molecule has 0 aliphatic carbocycles. The first kappa shape index (κ1) is 28.6. The molecular weight excluding hydrogens is 586 g/mol. The van der Waals surface area contributed by atoms with E-state index >= 15 is 0 Å². The zero-order valence-electron chi connectivity index (χ0n) is 24.2. The Morgan fingerprint density at radius 1 is 0.733 bits per heavy atom. The number of amides is 1. The summed E-state index contributed by atoms with van der Waals surface area (Å²) in [7, 11) is -3.74. The van der Waals surface area contributed by atoms with E-state index in [2.05, 4.69) is 0 Å². The Labute approximate surface area is 261 Å². The van der Waals surface area contributed by atoms with Crippen molar-refractivity contribution >= 4 is 33.4 Å². The number of morpholine rings is 1. The molecule has 4 aromatic carbocycles. The van der Waals surface area contributed by atoms with Gasteiger partial charge in [0, 0.05) is 36.0 Å². The van der Waals surface area contributed by atoms with E-state index in [1.165, 1.54) is 9.31 Å². The van der Waals surface area contributed by atoms with Crippen LogP contribution in [0.5, 0.6) is 0 Å². The average Bonchev–Trinajstić information content (AvgIpc) is 3.67. The van der Waals surface area contributed by atoms with Crippen molar-refractivity contribution in [2.75, 3.05) is 31.3 Å². The Kier molecular flexibility index (Phi) is 7.68. The number of anilines is 1. The van der Waals surface area contributed by atoms with E-state index in [1.54, 1.807) is 29.0 Å². The number of hydrogen-bond donors (Lipinski definition) is 0. The van der Waals surface area contributed by atoms with Crippen molar-refractivity contribution in [3.05, 3.63) is 138 Å². The van der Waals surface area contributed by atoms with Crippen molar-refractivity contribution in [3.63, 3.8) is 0 Å². The molecule has 0 N–H and O–H groups in total. The Morgan fingerprint density at radius 2 is 1.36 bits per heavy atom. The number of hydrazone groups is 1. The predicted molar refractivity (Wildman–Crippen MR) is 173 cm³/mol. The van der Waals surface area contributed by atoms with Crippen LogP contribution in [0.4, 0.5) is 5.69 Å². The van der Waals surface area contributed by atoms with Gasteiger partial charge < -0.3 is 4.74 Å². The van der Waals surface area contributed by atoms with Gasteiger partial charge in [-0.1, -0.05) is 78.9 Å². The van der Waals surface area contributed by atoms with Crippen molar-refractivity contribution in [3.8, 4) is 16.9 Å². The van der Waals surface area contributed by atoms with Crippen molar-refractivity contribution in [1.82, 2.24) is 14.1 Å². The molecule has 1 saturated heterocycles. The van der Waals surface area contributed by atoms with Gasteiger partial charge in [-0.25, -0.2) is 13.1 Å². The van der Waals surface area contributed by atoms with Crippen molar-refractivity contribution in [2.24, 2.45) is 5.10 Å². The number of carbonyl (C=O) groups is 1. The average molecular weight is 616 g/mol. The van der Waals surface area contributed by atoms with Gasteiger partial charge >= 0.3 is 0 Å². The minimum Gasteiger partial charge on any atom is -0.379 e. The standard InChI is InChI=1S/C35H29N5O4S/c41-35-32(34(26-11-4-1-5-12-26)37-40(35)30-16-8-3-9-17-30)24-28-25-39(29-14-6-2-7-15-29)36-33(28)27-13-10-18-31(23-27)45(42,43)38-19-21-44-22-20-38/h1-18,23-25H,19-22H2/b32-24-. The smallest absolute Gasteiger partial charge is 0.281 e. The molecule has 1 amide bonds. The molecule has 0 radical (unpaired) electrons. The molecule has 2 aliphatic heterocycles. The van der Waals surface area contributed by atoms with Gasteiger partial charge in [0.25, 0.3) is 5.91 Å². The summed E-state index contributed by atoms with van der Waals surface area (Å²) in [6, 6.07) is 35.3. The first-order chi connectivity index (χ1) is 22.0. The number of nitrogens with zero attached hydrogens (tertiary/aromatic N) is 5. The Morgan fingerprint density at radius 3 is 2.04 bits per heavy atom. The van der Waals surface area contributed by atoms with Crippen LogP contribution in [0.15, 0.2) is 137 Å². The quantitative estimate of drug-likeness (QED) is 0.229. The molecule has 1 aromatic heterocycles. The summed E-state index contributed by atoms with van der Waals surface area (Å²) in [6.07, 6.45) is 3.64. The minimum absolute atomic E-state index is 0.175. The number of ether oxygens (including phenoxy) is 1. The maximum atomic E-state index is 14.0. The molecule has 0 bridgehead atoms. The maximum absolute atomic E-state index is 14.0. The van der Waals surface area contributed by atoms with Gasteiger partial charge in [-0.05, 0) is 42.5 Å². The lowest BCUT2D eigenvalue weighted by Crippen LogP contribution is -2.40. The van der Waals surface area contributed by atoms with Crippen LogP contribution in [-0.4, -0.2) is 60.4 Å². The number of rotatable bonds is 7. The lowest BCUT2D eigenvalue weighted by atomic mass is 9.99. The second-order valence-corrected chi connectivity index (χ2v) is 12.5. The first-order valence-electron chi connectivity index (χ1n) is 14.6. The monoisotopic (exact) mass is 615 g/mol. The van der Waals surface area contributed by atoms with Gasteiger partial charge in [0.05, 0.1) is 35.1 Å². The molecule has 224 valence electrons. The van der Waals surface area contributed by atoms with Gasteiger partial charge in [-0.3, -0.25) is 4.79 Å². The molecule has 2 aliphatic rings. The maximum Gasteiger partial charge on any atom is 0.281 e. The van der Waals surface area contributed by atoms with E-state index in [1.807, 2.05) is 103 Å². The minimum atomic E-state index is -3.74. The highest BCUT2D eigenvalue weighted by atomic mass is 32.2. The number of sulfonamides is 1. The molecule has 0 atom stereocenters. The summed E-state index contributed by atoms with van der Waals surface area (Å²) in [5, 5.41) is 11.1. The van der Waals surface area contributed by atoms with Gasteiger partial charge in [-0.15, -0.1) is 0 Å². The lowest BCUT2D eigenvalue weighted by molar-refractivity contribution is -0.114. The third kappa shape index (κ3) is 5.62. The summed E-state index contributed by atoms with van der Waals surface area (Å²) in [5.74, 6) is -0.276. The number of carbonyl (C=O) groups excluding carboxylic acids is 1. The molecule has 3 heterocycles. The fraction of sp³-hybridized carbons (Fsp3) is 0.114. The summed E-state index contributed by atoms with van der Waals surface area (Å²) in [5.41, 5.74) is 4.98. The number of hydrogen-bond acceptors (Lipinski definition) is 6. The van der Waals surface area contributed by atoms with Gasteiger partial charge in [0.15, 0.2) is 0 Å². The highest BCUT2D eigenvalue weighted by molar-refractivity contribution is 7.89. The lowest BCUT2D eigenvalue weighted by Gasteiger charge is -2.26. The number of para-hydroxylation sites is 2. The number of benzene rings is 4. The first-order valence-corrected chi connectivity index (χ1v) is 16.0. The fourth-order valence-electron chi connectivity index (χ4n) is 5.42.